The summed E-state index contributed by atoms with van der Waals surface area (Å²) in [5.41, 5.74) is 1.49. The average Bonchev–Trinajstić information content (AvgIpc) is 2.91. The molecule has 2 aliphatic rings. The highest BCUT2D eigenvalue weighted by Gasteiger charge is 2.54. The average molecular weight is 349 g/mol. The van der Waals surface area contributed by atoms with Crippen molar-refractivity contribution < 1.29 is 17.9 Å². The van der Waals surface area contributed by atoms with Crippen LogP contribution in [-0.2, 0) is 19.6 Å². The molecule has 6 heteroatoms. The van der Waals surface area contributed by atoms with Crippen LogP contribution in [0.4, 0.5) is 0 Å². The molecule has 2 atom stereocenters. The Morgan fingerprint density at radius 3 is 2.42 bits per heavy atom. The summed E-state index contributed by atoms with van der Waals surface area (Å²) in [5, 5.41) is 0. The summed E-state index contributed by atoms with van der Waals surface area (Å²) >= 11 is 0. The number of aryl methyl sites for hydroxylation is 1. The molecule has 1 aliphatic heterocycles. The molecule has 2 fully saturated rings. The molecule has 24 heavy (non-hydrogen) atoms. The number of amides is 1. The summed E-state index contributed by atoms with van der Waals surface area (Å²) in [4.78, 5) is 12.6. The second-order valence-corrected chi connectivity index (χ2v) is 8.52. The number of ether oxygens (including phenoxy) is 1. The van der Waals surface area contributed by atoms with Gasteiger partial charge < -0.3 is 4.74 Å². The van der Waals surface area contributed by atoms with Crippen LogP contribution in [0.15, 0.2) is 41.3 Å². The topological polar surface area (TPSA) is 63.7 Å². The second-order valence-electron chi connectivity index (χ2n) is 6.71. The van der Waals surface area contributed by atoms with Crippen LogP contribution in [0, 0.1) is 12.3 Å². The van der Waals surface area contributed by atoms with Gasteiger partial charge in [0.1, 0.15) is 0 Å². The van der Waals surface area contributed by atoms with Gasteiger partial charge in [0.05, 0.1) is 4.90 Å². The zero-order chi connectivity index (χ0) is 17.5. The van der Waals surface area contributed by atoms with Crippen molar-refractivity contribution in [3.05, 3.63) is 42.0 Å². The third-order valence-electron chi connectivity index (χ3n) is 5.32. The highest BCUT2D eigenvalue weighted by molar-refractivity contribution is 7.89. The number of benzene rings is 1. The first-order valence-corrected chi connectivity index (χ1v) is 9.62. The lowest BCUT2D eigenvalue weighted by Gasteiger charge is -2.46. The third-order valence-corrected chi connectivity index (χ3v) is 7.10. The number of piperidine rings is 1. The Bertz CT molecular complexity index is 769. The molecule has 0 radical (unpaired) electrons. The van der Waals surface area contributed by atoms with Crippen LogP contribution in [-0.4, -0.2) is 32.0 Å². The molecule has 1 spiro atoms. The van der Waals surface area contributed by atoms with E-state index in [4.69, 9.17) is 4.74 Å². The molecule has 0 aromatic heterocycles. The molecule has 1 aromatic carbocycles. The molecule has 3 rings (SSSR count). The van der Waals surface area contributed by atoms with E-state index in [9.17, 15) is 13.2 Å². The number of methoxy groups -OCH3 is 1. The van der Waals surface area contributed by atoms with Gasteiger partial charge in [-0.1, -0.05) is 29.8 Å². The summed E-state index contributed by atoms with van der Waals surface area (Å²) in [6.45, 7) is 6.03. The van der Waals surface area contributed by atoms with Crippen LogP contribution in [0.2, 0.25) is 0 Å². The summed E-state index contributed by atoms with van der Waals surface area (Å²) < 4.78 is 32.8. The van der Waals surface area contributed by atoms with Crippen LogP contribution in [0.5, 0.6) is 0 Å². The fourth-order valence-electron chi connectivity index (χ4n) is 3.97. The van der Waals surface area contributed by atoms with E-state index in [0.29, 0.717) is 6.42 Å². The monoisotopic (exact) mass is 349 g/mol. The number of carbonyl (C=O) groups excluding carboxylic acids is 1. The van der Waals surface area contributed by atoms with Crippen molar-refractivity contribution in [1.29, 1.82) is 0 Å². The van der Waals surface area contributed by atoms with Gasteiger partial charge in [-0.3, -0.25) is 4.79 Å². The summed E-state index contributed by atoms with van der Waals surface area (Å²) in [6, 6.07) is 6.53. The first kappa shape index (κ1) is 17.2. The van der Waals surface area contributed by atoms with Crippen molar-refractivity contribution in [2.24, 2.45) is 5.41 Å². The smallest absolute Gasteiger partial charge is 0.268 e. The van der Waals surface area contributed by atoms with E-state index < -0.39 is 27.6 Å². The highest BCUT2D eigenvalue weighted by atomic mass is 32.2. The van der Waals surface area contributed by atoms with Gasteiger partial charge >= 0.3 is 0 Å². The van der Waals surface area contributed by atoms with Crippen molar-refractivity contribution in [1.82, 2.24) is 4.31 Å². The minimum Gasteiger partial charge on any atom is -0.359 e. The number of carbonyl (C=O) groups is 1. The van der Waals surface area contributed by atoms with Gasteiger partial charge in [-0.05, 0) is 44.7 Å². The molecule has 130 valence electrons. The lowest BCUT2D eigenvalue weighted by atomic mass is 9.74. The van der Waals surface area contributed by atoms with E-state index in [0.717, 1.165) is 34.7 Å². The van der Waals surface area contributed by atoms with Gasteiger partial charge in [0, 0.05) is 18.9 Å². The summed E-state index contributed by atoms with van der Waals surface area (Å²) in [7, 11) is -2.49. The Kier molecular flexibility index (Phi) is 4.30. The quantitative estimate of drug-likeness (QED) is 0.787. The Labute approximate surface area is 143 Å². The van der Waals surface area contributed by atoms with Crippen LogP contribution < -0.4 is 0 Å². The van der Waals surface area contributed by atoms with Crippen LogP contribution in [0.3, 0.4) is 0 Å². The fourth-order valence-corrected chi connectivity index (χ4v) is 5.57. The van der Waals surface area contributed by atoms with Gasteiger partial charge in [0.25, 0.3) is 10.0 Å². The number of hydrogen-bond acceptors (Lipinski definition) is 4. The van der Waals surface area contributed by atoms with Crippen molar-refractivity contribution in [3.63, 3.8) is 0 Å². The number of nitrogens with zero attached hydrogens (tertiary/aromatic N) is 1. The first-order valence-electron chi connectivity index (χ1n) is 8.18. The Hall–Kier alpha value is -1.66. The van der Waals surface area contributed by atoms with Crippen molar-refractivity contribution in [2.45, 2.75) is 50.2 Å². The summed E-state index contributed by atoms with van der Waals surface area (Å²) in [6.07, 6.45) is 2.59. The highest BCUT2D eigenvalue weighted by Crippen LogP contribution is 2.53. The lowest BCUT2D eigenvalue weighted by molar-refractivity contribution is -0.151. The first-order chi connectivity index (χ1) is 11.3. The van der Waals surface area contributed by atoms with E-state index in [1.807, 2.05) is 6.92 Å². The maximum atomic E-state index is 13.1. The Morgan fingerprint density at radius 1 is 1.21 bits per heavy atom. The van der Waals surface area contributed by atoms with Gasteiger partial charge in [-0.2, -0.15) is 0 Å². The molecule has 1 aromatic rings. The predicted octanol–water partition coefficient (Wildman–Crippen LogP) is 3.01. The Morgan fingerprint density at radius 2 is 1.88 bits per heavy atom. The zero-order valence-electron chi connectivity index (χ0n) is 14.1. The van der Waals surface area contributed by atoms with Gasteiger partial charge in [0.15, 0.2) is 6.23 Å². The molecule has 1 aliphatic carbocycles. The summed E-state index contributed by atoms with van der Waals surface area (Å²) in [5.74, 6) is -0.409. The SMILES string of the molecule is C=C1CCCC12CCC(=O)N(S(=O)(=O)c1ccc(C)cc1)C2OC. The maximum Gasteiger partial charge on any atom is 0.268 e. The van der Waals surface area contributed by atoms with Crippen molar-refractivity contribution in [3.8, 4) is 0 Å². The molecule has 0 N–H and O–H groups in total. The molecule has 1 saturated carbocycles. The van der Waals surface area contributed by atoms with Gasteiger partial charge in [-0.15, -0.1) is 0 Å². The number of hydrogen-bond donors (Lipinski definition) is 0. The second kappa shape index (κ2) is 6.01. The minimum absolute atomic E-state index is 0.115. The molecule has 2 unspecified atom stereocenters. The third kappa shape index (κ3) is 2.48. The minimum atomic E-state index is -3.96. The molecule has 5 nitrogen and oxygen atoms in total. The predicted molar refractivity (Wildman–Crippen MR) is 90.7 cm³/mol. The van der Waals surface area contributed by atoms with E-state index in [-0.39, 0.29) is 11.3 Å². The van der Waals surface area contributed by atoms with Crippen LogP contribution in [0.1, 0.15) is 37.7 Å². The molecule has 1 heterocycles. The van der Waals surface area contributed by atoms with E-state index in [1.54, 1.807) is 12.1 Å². The van der Waals surface area contributed by atoms with Gasteiger partial charge in [0.2, 0.25) is 5.91 Å². The van der Waals surface area contributed by atoms with Gasteiger partial charge in [-0.25, -0.2) is 12.7 Å². The molecule has 1 amide bonds. The van der Waals surface area contributed by atoms with E-state index >= 15 is 0 Å². The maximum absolute atomic E-state index is 13.1. The molecule has 1 saturated heterocycles. The molecule has 0 bridgehead atoms. The molecular formula is C18H23NO4S. The largest absolute Gasteiger partial charge is 0.359 e. The van der Waals surface area contributed by atoms with Crippen molar-refractivity contribution >= 4 is 15.9 Å². The zero-order valence-corrected chi connectivity index (χ0v) is 14.9. The lowest BCUT2D eigenvalue weighted by Crippen LogP contribution is -2.57. The normalized spacial score (nSPS) is 27.9. The fraction of sp³-hybridized carbons (Fsp3) is 0.500. The van der Waals surface area contributed by atoms with Crippen molar-refractivity contribution in [2.75, 3.05) is 7.11 Å². The van der Waals surface area contributed by atoms with E-state index in [1.165, 1.54) is 19.2 Å². The number of rotatable bonds is 3. The standard InChI is InChI=1S/C18H23NO4S/c1-13-6-8-15(9-7-13)24(21,22)19-16(20)10-12-18(17(19)23-3)11-4-5-14(18)2/h6-9,17H,2,4-5,10-12H2,1,3H3. The van der Waals surface area contributed by atoms with E-state index in [2.05, 4.69) is 6.58 Å². The van der Waals surface area contributed by atoms with Crippen LogP contribution >= 0.6 is 0 Å². The number of sulfonamides is 1. The Balaban J connectivity index is 2.08. The molecular weight excluding hydrogens is 326 g/mol. The van der Waals surface area contributed by atoms with Crippen LogP contribution in [0.25, 0.3) is 0 Å².